The molecule has 5 heteroatoms. The summed E-state index contributed by atoms with van der Waals surface area (Å²) in [6, 6.07) is 14.2. The van der Waals surface area contributed by atoms with E-state index in [0.717, 1.165) is 5.56 Å². The van der Waals surface area contributed by atoms with Gasteiger partial charge in [-0.25, -0.2) is 4.79 Å². The summed E-state index contributed by atoms with van der Waals surface area (Å²) in [4.78, 5) is 13.9. The molecule has 0 heterocycles. The SMILES string of the molecule is CC(c1ccccc1Cl)N(C)C(=O)Nc1cccc(N)c1. The van der Waals surface area contributed by atoms with Gasteiger partial charge in [-0.3, -0.25) is 0 Å². The lowest BCUT2D eigenvalue weighted by Gasteiger charge is -2.26. The van der Waals surface area contributed by atoms with E-state index in [1.807, 2.05) is 31.2 Å². The molecule has 4 nitrogen and oxygen atoms in total. The van der Waals surface area contributed by atoms with Crippen LogP contribution in [0, 0.1) is 0 Å². The van der Waals surface area contributed by atoms with Crippen molar-refractivity contribution in [3.63, 3.8) is 0 Å². The maximum absolute atomic E-state index is 12.3. The first-order valence-corrected chi connectivity index (χ1v) is 7.00. The van der Waals surface area contributed by atoms with Crippen LogP contribution in [0.2, 0.25) is 5.02 Å². The zero-order valence-electron chi connectivity index (χ0n) is 12.0. The standard InChI is InChI=1S/C16H18ClN3O/c1-11(14-8-3-4-9-15(14)17)20(2)16(21)19-13-7-5-6-12(18)10-13/h3-11H,18H2,1-2H3,(H,19,21). The van der Waals surface area contributed by atoms with Crippen molar-refractivity contribution in [2.75, 3.05) is 18.1 Å². The van der Waals surface area contributed by atoms with Crippen LogP contribution in [0.15, 0.2) is 48.5 Å². The number of halogens is 1. The Morgan fingerprint density at radius 1 is 1.24 bits per heavy atom. The van der Waals surface area contributed by atoms with Crippen molar-refractivity contribution in [1.29, 1.82) is 0 Å². The molecule has 1 unspecified atom stereocenters. The van der Waals surface area contributed by atoms with Crippen LogP contribution >= 0.6 is 11.6 Å². The smallest absolute Gasteiger partial charge is 0.322 e. The fourth-order valence-electron chi connectivity index (χ4n) is 2.03. The van der Waals surface area contributed by atoms with E-state index in [1.54, 1.807) is 36.2 Å². The van der Waals surface area contributed by atoms with E-state index in [0.29, 0.717) is 16.4 Å². The molecule has 110 valence electrons. The van der Waals surface area contributed by atoms with Crippen LogP contribution in [0.25, 0.3) is 0 Å². The fraction of sp³-hybridized carbons (Fsp3) is 0.188. The van der Waals surface area contributed by atoms with Crippen LogP contribution in [0.3, 0.4) is 0 Å². The van der Waals surface area contributed by atoms with E-state index in [9.17, 15) is 4.79 Å². The molecule has 0 aliphatic rings. The van der Waals surface area contributed by atoms with Crippen LogP contribution in [0.5, 0.6) is 0 Å². The monoisotopic (exact) mass is 303 g/mol. The lowest BCUT2D eigenvalue weighted by Crippen LogP contribution is -2.33. The topological polar surface area (TPSA) is 58.4 Å². The van der Waals surface area contributed by atoms with Crippen LogP contribution in [-0.2, 0) is 0 Å². The summed E-state index contributed by atoms with van der Waals surface area (Å²) in [5.41, 5.74) is 7.88. The molecule has 0 spiro atoms. The predicted octanol–water partition coefficient (Wildman–Crippen LogP) is 4.15. The van der Waals surface area contributed by atoms with Gasteiger partial charge < -0.3 is 16.0 Å². The molecule has 3 N–H and O–H groups in total. The quantitative estimate of drug-likeness (QED) is 0.837. The zero-order valence-corrected chi connectivity index (χ0v) is 12.8. The number of amides is 2. The molecule has 0 saturated heterocycles. The average molecular weight is 304 g/mol. The van der Waals surface area contributed by atoms with Crippen molar-refractivity contribution in [3.05, 3.63) is 59.1 Å². The molecule has 0 saturated carbocycles. The Hall–Kier alpha value is -2.20. The molecule has 0 radical (unpaired) electrons. The molecule has 0 aliphatic heterocycles. The number of urea groups is 1. The van der Waals surface area contributed by atoms with Crippen LogP contribution in [0.4, 0.5) is 16.2 Å². The first kappa shape index (κ1) is 15.2. The van der Waals surface area contributed by atoms with Crippen molar-refractivity contribution in [2.24, 2.45) is 0 Å². The Balaban J connectivity index is 2.10. The number of nitrogens with zero attached hydrogens (tertiary/aromatic N) is 1. The van der Waals surface area contributed by atoms with Gasteiger partial charge >= 0.3 is 6.03 Å². The number of benzene rings is 2. The van der Waals surface area contributed by atoms with Crippen molar-refractivity contribution in [3.8, 4) is 0 Å². The number of nitrogens with one attached hydrogen (secondary N) is 1. The largest absolute Gasteiger partial charge is 0.399 e. The number of nitrogens with two attached hydrogens (primary N) is 1. The zero-order chi connectivity index (χ0) is 15.4. The maximum atomic E-state index is 12.3. The predicted molar refractivity (Wildman–Crippen MR) is 87.5 cm³/mol. The van der Waals surface area contributed by atoms with Crippen LogP contribution in [-0.4, -0.2) is 18.0 Å². The number of anilines is 2. The highest BCUT2D eigenvalue weighted by Crippen LogP contribution is 2.26. The van der Waals surface area contributed by atoms with E-state index in [4.69, 9.17) is 17.3 Å². The van der Waals surface area contributed by atoms with Crippen LogP contribution < -0.4 is 11.1 Å². The second-order valence-corrected chi connectivity index (χ2v) is 5.27. The Morgan fingerprint density at radius 3 is 2.62 bits per heavy atom. The van der Waals surface area contributed by atoms with Crippen molar-refractivity contribution in [2.45, 2.75) is 13.0 Å². The third-order valence-electron chi connectivity index (χ3n) is 3.39. The van der Waals surface area contributed by atoms with Crippen molar-refractivity contribution >= 4 is 29.0 Å². The molecule has 2 aromatic carbocycles. The van der Waals surface area contributed by atoms with E-state index in [1.165, 1.54) is 0 Å². The minimum absolute atomic E-state index is 0.139. The highest BCUT2D eigenvalue weighted by molar-refractivity contribution is 6.31. The van der Waals surface area contributed by atoms with Gasteiger partial charge in [0.2, 0.25) is 0 Å². The van der Waals surface area contributed by atoms with Crippen LogP contribution in [0.1, 0.15) is 18.5 Å². The Kier molecular flexibility index (Phi) is 4.70. The maximum Gasteiger partial charge on any atom is 0.322 e. The summed E-state index contributed by atoms with van der Waals surface area (Å²) in [5.74, 6) is 0. The van der Waals surface area contributed by atoms with E-state index in [-0.39, 0.29) is 12.1 Å². The minimum Gasteiger partial charge on any atom is -0.399 e. The molecule has 21 heavy (non-hydrogen) atoms. The number of hydrogen-bond donors (Lipinski definition) is 2. The van der Waals surface area contributed by atoms with Gasteiger partial charge in [-0.2, -0.15) is 0 Å². The summed E-state index contributed by atoms with van der Waals surface area (Å²) in [7, 11) is 1.73. The molecule has 0 aliphatic carbocycles. The molecule has 1 atom stereocenters. The lowest BCUT2D eigenvalue weighted by atomic mass is 10.1. The van der Waals surface area contributed by atoms with Gasteiger partial charge in [-0.1, -0.05) is 35.9 Å². The Labute approximate surface area is 129 Å². The molecule has 2 amide bonds. The highest BCUT2D eigenvalue weighted by Gasteiger charge is 2.19. The Morgan fingerprint density at radius 2 is 1.95 bits per heavy atom. The van der Waals surface area contributed by atoms with E-state index < -0.39 is 0 Å². The Bertz CT molecular complexity index is 645. The normalized spacial score (nSPS) is 11.8. The second-order valence-electron chi connectivity index (χ2n) is 4.86. The molecular formula is C16H18ClN3O. The molecule has 0 fully saturated rings. The number of nitrogen functional groups attached to an aromatic ring is 1. The van der Waals surface area contributed by atoms with Gasteiger partial charge in [0.05, 0.1) is 6.04 Å². The average Bonchev–Trinajstić information content (AvgIpc) is 2.46. The van der Waals surface area contributed by atoms with Gasteiger partial charge in [0.25, 0.3) is 0 Å². The first-order valence-electron chi connectivity index (χ1n) is 6.63. The summed E-state index contributed by atoms with van der Waals surface area (Å²) >= 11 is 6.17. The van der Waals surface area contributed by atoms with E-state index in [2.05, 4.69) is 5.32 Å². The summed E-state index contributed by atoms with van der Waals surface area (Å²) in [6.07, 6.45) is 0. The number of carbonyl (C=O) groups is 1. The fourth-order valence-corrected chi connectivity index (χ4v) is 2.32. The van der Waals surface area contributed by atoms with E-state index >= 15 is 0 Å². The molecule has 0 bridgehead atoms. The van der Waals surface area contributed by atoms with Gasteiger partial charge in [0.15, 0.2) is 0 Å². The molecule has 0 aromatic heterocycles. The van der Waals surface area contributed by atoms with Gasteiger partial charge in [0, 0.05) is 23.4 Å². The van der Waals surface area contributed by atoms with Crippen molar-refractivity contribution in [1.82, 2.24) is 4.90 Å². The van der Waals surface area contributed by atoms with Gasteiger partial charge in [-0.05, 0) is 36.8 Å². The number of rotatable bonds is 3. The highest BCUT2D eigenvalue weighted by atomic mass is 35.5. The first-order chi connectivity index (χ1) is 9.99. The summed E-state index contributed by atoms with van der Waals surface area (Å²) < 4.78 is 0. The summed E-state index contributed by atoms with van der Waals surface area (Å²) in [6.45, 7) is 1.93. The molecule has 2 rings (SSSR count). The summed E-state index contributed by atoms with van der Waals surface area (Å²) in [5, 5.41) is 3.46. The van der Waals surface area contributed by atoms with Gasteiger partial charge in [-0.15, -0.1) is 0 Å². The van der Waals surface area contributed by atoms with Crippen molar-refractivity contribution < 1.29 is 4.79 Å². The molecule has 2 aromatic rings. The van der Waals surface area contributed by atoms with Gasteiger partial charge in [0.1, 0.15) is 0 Å². The number of carbonyl (C=O) groups excluding carboxylic acids is 1. The second kappa shape index (κ2) is 6.50. The third-order valence-corrected chi connectivity index (χ3v) is 3.74. The third kappa shape index (κ3) is 3.67. The number of hydrogen-bond acceptors (Lipinski definition) is 2. The minimum atomic E-state index is -0.215. The molecular weight excluding hydrogens is 286 g/mol. The lowest BCUT2D eigenvalue weighted by molar-refractivity contribution is 0.208.